The monoisotopic (exact) mass is 413 g/mol. The molecule has 0 spiro atoms. The maximum absolute atomic E-state index is 12.7. The van der Waals surface area contributed by atoms with Gasteiger partial charge in [-0.25, -0.2) is 19.1 Å². The Hall–Kier alpha value is -3.95. The van der Waals surface area contributed by atoms with Crippen LogP contribution in [0.3, 0.4) is 0 Å². The van der Waals surface area contributed by atoms with Crippen molar-refractivity contribution in [2.75, 3.05) is 0 Å². The summed E-state index contributed by atoms with van der Waals surface area (Å²) >= 11 is 0. The number of hydrogen-bond acceptors (Lipinski definition) is 8. The van der Waals surface area contributed by atoms with Crippen LogP contribution in [0.4, 0.5) is 15.3 Å². The first kappa shape index (κ1) is 20.8. The van der Waals surface area contributed by atoms with Gasteiger partial charge in [0.25, 0.3) is 5.69 Å². The van der Waals surface area contributed by atoms with Crippen molar-refractivity contribution in [3.8, 4) is 5.75 Å². The second-order valence-corrected chi connectivity index (χ2v) is 7.22. The molecule has 156 valence electrons. The minimum absolute atomic E-state index is 0.0752. The summed E-state index contributed by atoms with van der Waals surface area (Å²) in [6.45, 7) is 4.87. The lowest BCUT2D eigenvalue weighted by Gasteiger charge is -2.20. The lowest BCUT2D eigenvalue weighted by atomic mass is 10.2. The third kappa shape index (κ3) is 4.90. The van der Waals surface area contributed by atoms with Crippen LogP contribution < -0.4 is 4.74 Å². The van der Waals surface area contributed by atoms with Crippen molar-refractivity contribution < 1.29 is 28.7 Å². The highest BCUT2D eigenvalue weighted by atomic mass is 16.7. The summed E-state index contributed by atoms with van der Waals surface area (Å²) in [6, 6.07) is 11.9. The zero-order valence-corrected chi connectivity index (χ0v) is 16.5. The van der Waals surface area contributed by atoms with E-state index in [1.165, 1.54) is 28.8 Å². The first-order valence-corrected chi connectivity index (χ1v) is 8.93. The largest absolute Gasteiger partial charge is 0.514 e. The van der Waals surface area contributed by atoms with Gasteiger partial charge < -0.3 is 14.2 Å². The number of aromatic nitrogens is 2. The van der Waals surface area contributed by atoms with E-state index in [1.807, 2.05) is 0 Å². The number of benzene rings is 2. The van der Waals surface area contributed by atoms with Crippen LogP contribution >= 0.6 is 0 Å². The highest BCUT2D eigenvalue weighted by Crippen LogP contribution is 2.21. The van der Waals surface area contributed by atoms with E-state index in [2.05, 4.69) is 4.98 Å². The highest BCUT2D eigenvalue weighted by molar-refractivity contribution is 5.87. The molecule has 3 aromatic rings. The SMILES string of the molecule is CC(C)(C)OC(=O)n1c(COC(=O)Oc2ccc([N+](=O)[O-])cc2)nc2ccccc21. The highest BCUT2D eigenvalue weighted by Gasteiger charge is 2.24. The molecule has 0 aliphatic rings. The number of carbonyl (C=O) groups excluding carboxylic acids is 2. The number of rotatable bonds is 4. The summed E-state index contributed by atoms with van der Waals surface area (Å²) in [5.74, 6) is 0.234. The summed E-state index contributed by atoms with van der Waals surface area (Å²) in [7, 11) is 0. The van der Waals surface area contributed by atoms with Crippen molar-refractivity contribution in [3.05, 3.63) is 64.5 Å². The lowest BCUT2D eigenvalue weighted by molar-refractivity contribution is -0.384. The van der Waals surface area contributed by atoms with Gasteiger partial charge >= 0.3 is 12.2 Å². The number of nitro benzene ring substituents is 1. The molecule has 3 rings (SSSR count). The van der Waals surface area contributed by atoms with Gasteiger partial charge in [-0.3, -0.25) is 10.1 Å². The first-order chi connectivity index (χ1) is 14.1. The predicted molar refractivity (Wildman–Crippen MR) is 105 cm³/mol. The van der Waals surface area contributed by atoms with Crippen LogP contribution in [0.2, 0.25) is 0 Å². The van der Waals surface area contributed by atoms with Crippen molar-refractivity contribution in [1.29, 1.82) is 0 Å². The van der Waals surface area contributed by atoms with E-state index in [4.69, 9.17) is 14.2 Å². The smallest absolute Gasteiger partial charge is 0.443 e. The Morgan fingerprint density at radius 2 is 1.77 bits per heavy atom. The number of nitrogens with zero attached hydrogens (tertiary/aromatic N) is 3. The number of nitro groups is 1. The molecule has 0 atom stereocenters. The second-order valence-electron chi connectivity index (χ2n) is 7.22. The van der Waals surface area contributed by atoms with Gasteiger partial charge in [-0.05, 0) is 45.0 Å². The molecule has 30 heavy (non-hydrogen) atoms. The number of non-ortho nitro benzene ring substituents is 1. The van der Waals surface area contributed by atoms with Gasteiger partial charge in [0.1, 0.15) is 11.4 Å². The lowest BCUT2D eigenvalue weighted by Crippen LogP contribution is -2.28. The molecule has 0 saturated carbocycles. The Balaban J connectivity index is 1.75. The molecule has 1 aromatic heterocycles. The summed E-state index contributed by atoms with van der Waals surface area (Å²) in [4.78, 5) is 39.1. The van der Waals surface area contributed by atoms with Crippen molar-refractivity contribution >= 4 is 29.0 Å². The third-order valence-electron chi connectivity index (χ3n) is 3.77. The molecular weight excluding hydrogens is 394 g/mol. The molecule has 0 radical (unpaired) electrons. The molecule has 0 aliphatic heterocycles. The van der Waals surface area contributed by atoms with E-state index in [1.54, 1.807) is 45.0 Å². The molecule has 2 aromatic carbocycles. The van der Waals surface area contributed by atoms with Gasteiger partial charge in [-0.15, -0.1) is 0 Å². The quantitative estimate of drug-likeness (QED) is 0.266. The van der Waals surface area contributed by atoms with E-state index in [9.17, 15) is 19.7 Å². The molecule has 0 bridgehead atoms. The van der Waals surface area contributed by atoms with Gasteiger partial charge in [-0.2, -0.15) is 0 Å². The molecule has 0 amide bonds. The second kappa shape index (κ2) is 8.19. The molecule has 1 heterocycles. The normalized spacial score (nSPS) is 11.2. The molecule has 0 fully saturated rings. The van der Waals surface area contributed by atoms with Crippen LogP contribution in [0.1, 0.15) is 26.6 Å². The Morgan fingerprint density at radius 3 is 2.40 bits per heavy atom. The molecule has 0 aliphatic carbocycles. The van der Waals surface area contributed by atoms with Crippen LogP contribution in [0.5, 0.6) is 5.75 Å². The number of hydrogen-bond donors (Lipinski definition) is 0. The third-order valence-corrected chi connectivity index (χ3v) is 3.77. The van der Waals surface area contributed by atoms with E-state index in [0.717, 1.165) is 0 Å². The molecular formula is C20H19N3O7. The molecule has 10 nitrogen and oxygen atoms in total. The topological polar surface area (TPSA) is 123 Å². The van der Waals surface area contributed by atoms with Crippen LogP contribution in [0.25, 0.3) is 11.0 Å². The Kier molecular flexibility index (Phi) is 5.67. The fourth-order valence-corrected chi connectivity index (χ4v) is 2.57. The average molecular weight is 413 g/mol. The van der Waals surface area contributed by atoms with Crippen LogP contribution in [-0.2, 0) is 16.1 Å². The maximum Gasteiger partial charge on any atom is 0.514 e. The van der Waals surface area contributed by atoms with E-state index < -0.39 is 22.8 Å². The Labute approximate surface area is 171 Å². The van der Waals surface area contributed by atoms with E-state index in [-0.39, 0.29) is 23.9 Å². The predicted octanol–water partition coefficient (Wildman–Crippen LogP) is 4.44. The van der Waals surface area contributed by atoms with Crippen LogP contribution in [0, 0.1) is 10.1 Å². The minimum Gasteiger partial charge on any atom is -0.443 e. The fraction of sp³-hybridized carbons (Fsp3) is 0.250. The maximum atomic E-state index is 12.7. The van der Waals surface area contributed by atoms with Crippen molar-refractivity contribution in [2.24, 2.45) is 0 Å². The summed E-state index contributed by atoms with van der Waals surface area (Å²) < 4.78 is 16.7. The Bertz CT molecular complexity index is 1100. The van der Waals surface area contributed by atoms with Crippen LogP contribution in [0.15, 0.2) is 48.5 Å². The number of ether oxygens (including phenoxy) is 3. The number of imidazole rings is 1. The first-order valence-electron chi connectivity index (χ1n) is 8.93. The van der Waals surface area contributed by atoms with Gasteiger partial charge in [-0.1, -0.05) is 12.1 Å². The molecule has 0 saturated heterocycles. The summed E-state index contributed by atoms with van der Waals surface area (Å²) in [5, 5.41) is 10.7. The van der Waals surface area contributed by atoms with Gasteiger partial charge in [0, 0.05) is 12.1 Å². The van der Waals surface area contributed by atoms with E-state index in [0.29, 0.717) is 11.0 Å². The standard InChI is InChI=1S/C20H19N3O7/c1-20(2,3)30-18(24)22-16-7-5-4-6-15(16)21-17(22)12-28-19(25)29-14-10-8-13(9-11-14)23(26)27/h4-11H,12H2,1-3H3. The minimum atomic E-state index is -1.05. The van der Waals surface area contributed by atoms with Crippen LogP contribution in [-0.4, -0.2) is 32.3 Å². The molecule has 0 unspecified atom stereocenters. The van der Waals surface area contributed by atoms with E-state index >= 15 is 0 Å². The fourth-order valence-electron chi connectivity index (χ4n) is 2.57. The zero-order chi connectivity index (χ0) is 21.9. The summed E-state index contributed by atoms with van der Waals surface area (Å²) in [6.07, 6.45) is -1.70. The summed E-state index contributed by atoms with van der Waals surface area (Å²) in [5.41, 5.74) is 0.177. The number of carbonyl (C=O) groups is 2. The number of para-hydroxylation sites is 2. The Morgan fingerprint density at radius 1 is 1.10 bits per heavy atom. The zero-order valence-electron chi connectivity index (χ0n) is 16.5. The van der Waals surface area contributed by atoms with Crippen molar-refractivity contribution in [2.45, 2.75) is 33.0 Å². The van der Waals surface area contributed by atoms with Gasteiger partial charge in [0.15, 0.2) is 12.4 Å². The van der Waals surface area contributed by atoms with Crippen molar-refractivity contribution in [3.63, 3.8) is 0 Å². The molecule has 0 N–H and O–H groups in total. The van der Waals surface area contributed by atoms with Gasteiger partial charge in [0.05, 0.1) is 16.0 Å². The van der Waals surface area contributed by atoms with Crippen molar-refractivity contribution in [1.82, 2.24) is 9.55 Å². The van der Waals surface area contributed by atoms with Gasteiger partial charge in [0.2, 0.25) is 0 Å². The molecule has 10 heteroatoms. The number of fused-ring (bicyclic) bond motifs is 1. The average Bonchev–Trinajstić information content (AvgIpc) is 3.04.